The van der Waals surface area contributed by atoms with Crippen LogP contribution in [0.2, 0.25) is 0 Å². The van der Waals surface area contributed by atoms with E-state index in [0.29, 0.717) is 11.8 Å². The van der Waals surface area contributed by atoms with Crippen LogP contribution in [0, 0.1) is 12.8 Å². The smallest absolute Gasteiger partial charge is 0.163 e. The van der Waals surface area contributed by atoms with Gasteiger partial charge >= 0.3 is 0 Å². The number of hydrogen-bond donors (Lipinski definition) is 0. The molecular formula is C25H31N3. The summed E-state index contributed by atoms with van der Waals surface area (Å²) in [4.78, 5) is 13.9. The molecule has 3 heteroatoms. The van der Waals surface area contributed by atoms with Gasteiger partial charge in [-0.25, -0.2) is 15.0 Å². The maximum Gasteiger partial charge on any atom is 0.163 e. The van der Waals surface area contributed by atoms with Crippen LogP contribution in [0.4, 0.5) is 0 Å². The van der Waals surface area contributed by atoms with E-state index in [0.717, 1.165) is 28.6 Å². The Balaban J connectivity index is 1.94. The summed E-state index contributed by atoms with van der Waals surface area (Å²) in [6.45, 7) is 15.4. The van der Waals surface area contributed by atoms with E-state index in [2.05, 4.69) is 100 Å². The summed E-state index contributed by atoms with van der Waals surface area (Å²) in [5, 5.41) is 0. The monoisotopic (exact) mass is 373 g/mol. The highest BCUT2D eigenvalue weighted by Crippen LogP contribution is 2.28. The molecular weight excluding hydrogens is 342 g/mol. The van der Waals surface area contributed by atoms with E-state index in [1.54, 1.807) is 0 Å². The van der Waals surface area contributed by atoms with Crippen LogP contribution in [0.1, 0.15) is 64.4 Å². The Labute approximate surface area is 169 Å². The molecule has 3 aromatic rings. The Hall–Kier alpha value is -2.55. The van der Waals surface area contributed by atoms with Gasteiger partial charge in [0.2, 0.25) is 0 Å². The third-order valence-electron chi connectivity index (χ3n) is 5.45. The quantitative estimate of drug-likeness (QED) is 0.519. The molecule has 0 aliphatic carbocycles. The fourth-order valence-corrected chi connectivity index (χ4v) is 3.18. The highest BCUT2D eigenvalue weighted by molar-refractivity contribution is 5.61. The van der Waals surface area contributed by atoms with Crippen molar-refractivity contribution < 1.29 is 0 Å². The zero-order valence-electron chi connectivity index (χ0n) is 18.1. The van der Waals surface area contributed by atoms with Crippen molar-refractivity contribution >= 4 is 0 Å². The largest absolute Gasteiger partial charge is 0.213 e. The molecule has 1 unspecified atom stereocenters. The van der Waals surface area contributed by atoms with Gasteiger partial charge in [-0.3, -0.25) is 0 Å². The summed E-state index contributed by atoms with van der Waals surface area (Å²) in [7, 11) is 0. The predicted molar refractivity (Wildman–Crippen MR) is 117 cm³/mol. The van der Waals surface area contributed by atoms with Crippen molar-refractivity contribution in [3.8, 4) is 22.8 Å². The normalized spacial score (nSPS) is 13.0. The molecule has 0 amide bonds. The minimum Gasteiger partial charge on any atom is -0.213 e. The molecule has 3 rings (SSSR count). The van der Waals surface area contributed by atoms with Gasteiger partial charge in [0.25, 0.3) is 0 Å². The van der Waals surface area contributed by atoms with Gasteiger partial charge in [0.1, 0.15) is 5.82 Å². The van der Waals surface area contributed by atoms with Crippen LogP contribution in [-0.4, -0.2) is 15.0 Å². The van der Waals surface area contributed by atoms with Crippen LogP contribution in [0.15, 0.2) is 48.5 Å². The maximum absolute atomic E-state index is 4.75. The van der Waals surface area contributed by atoms with E-state index >= 15 is 0 Å². The Morgan fingerprint density at radius 2 is 1.14 bits per heavy atom. The average molecular weight is 374 g/mol. The van der Waals surface area contributed by atoms with Gasteiger partial charge < -0.3 is 0 Å². The lowest BCUT2D eigenvalue weighted by molar-refractivity contribution is 0.535. The molecule has 1 aromatic heterocycles. The molecule has 0 saturated heterocycles. The summed E-state index contributed by atoms with van der Waals surface area (Å²) in [5.74, 6) is 3.34. The lowest BCUT2D eigenvalue weighted by atomic mass is 9.87. The first-order chi connectivity index (χ1) is 13.1. The van der Waals surface area contributed by atoms with E-state index in [1.807, 2.05) is 6.92 Å². The van der Waals surface area contributed by atoms with E-state index in [1.165, 1.54) is 11.1 Å². The fraction of sp³-hybridized carbons (Fsp3) is 0.400. The van der Waals surface area contributed by atoms with Crippen molar-refractivity contribution in [3.63, 3.8) is 0 Å². The number of nitrogens with zero attached hydrogens (tertiary/aromatic N) is 3. The number of aromatic nitrogens is 3. The first-order valence-electron chi connectivity index (χ1n) is 10.1. The molecule has 0 fully saturated rings. The number of rotatable bonds is 4. The second-order valence-electron chi connectivity index (χ2n) is 9.01. The van der Waals surface area contributed by atoms with Crippen molar-refractivity contribution in [1.82, 2.24) is 15.0 Å². The molecule has 1 atom stereocenters. The van der Waals surface area contributed by atoms with Crippen molar-refractivity contribution in [2.75, 3.05) is 0 Å². The van der Waals surface area contributed by atoms with Gasteiger partial charge in [-0.15, -0.1) is 0 Å². The summed E-state index contributed by atoms with van der Waals surface area (Å²) in [6, 6.07) is 17.2. The highest BCUT2D eigenvalue weighted by atomic mass is 15.0. The van der Waals surface area contributed by atoms with E-state index in [9.17, 15) is 0 Å². The Bertz CT molecular complexity index is 933. The predicted octanol–water partition coefficient (Wildman–Crippen LogP) is 6.57. The van der Waals surface area contributed by atoms with Crippen molar-refractivity contribution in [2.45, 2.75) is 59.8 Å². The molecule has 0 aliphatic rings. The molecule has 0 spiro atoms. The van der Waals surface area contributed by atoms with Crippen LogP contribution in [0.5, 0.6) is 0 Å². The van der Waals surface area contributed by atoms with Crippen LogP contribution in [0.25, 0.3) is 22.8 Å². The van der Waals surface area contributed by atoms with Gasteiger partial charge in [0.05, 0.1) is 0 Å². The van der Waals surface area contributed by atoms with E-state index in [-0.39, 0.29) is 5.41 Å². The van der Waals surface area contributed by atoms with Gasteiger partial charge in [-0.05, 0) is 35.3 Å². The molecule has 1 heterocycles. The highest BCUT2D eigenvalue weighted by Gasteiger charge is 2.15. The van der Waals surface area contributed by atoms with Gasteiger partial charge in [0, 0.05) is 11.1 Å². The molecule has 2 aromatic carbocycles. The van der Waals surface area contributed by atoms with Crippen molar-refractivity contribution in [1.29, 1.82) is 0 Å². The van der Waals surface area contributed by atoms with Crippen molar-refractivity contribution in [3.05, 3.63) is 65.5 Å². The zero-order valence-corrected chi connectivity index (χ0v) is 18.1. The average Bonchev–Trinajstić information content (AvgIpc) is 2.66. The first kappa shape index (κ1) is 20.2. The Kier molecular flexibility index (Phi) is 5.64. The molecule has 146 valence electrons. The molecule has 0 saturated carbocycles. The second kappa shape index (κ2) is 7.83. The minimum atomic E-state index is 0.133. The van der Waals surface area contributed by atoms with Crippen molar-refractivity contribution in [2.24, 2.45) is 5.92 Å². The molecule has 0 bridgehead atoms. The Morgan fingerprint density at radius 3 is 1.57 bits per heavy atom. The zero-order chi connectivity index (χ0) is 20.5. The van der Waals surface area contributed by atoms with Gasteiger partial charge in [0.15, 0.2) is 11.6 Å². The summed E-state index contributed by atoms with van der Waals surface area (Å²) in [5.41, 5.74) is 4.83. The van der Waals surface area contributed by atoms with Crippen LogP contribution in [-0.2, 0) is 5.41 Å². The number of benzene rings is 2. The van der Waals surface area contributed by atoms with Gasteiger partial charge in [-0.2, -0.15) is 0 Å². The Morgan fingerprint density at radius 1 is 0.679 bits per heavy atom. The van der Waals surface area contributed by atoms with Crippen LogP contribution < -0.4 is 0 Å². The molecule has 0 N–H and O–H groups in total. The molecule has 0 aliphatic heterocycles. The fourth-order valence-electron chi connectivity index (χ4n) is 3.18. The third-order valence-corrected chi connectivity index (χ3v) is 5.45. The second-order valence-corrected chi connectivity index (χ2v) is 9.01. The summed E-state index contributed by atoms with van der Waals surface area (Å²) >= 11 is 0. The summed E-state index contributed by atoms with van der Waals surface area (Å²) in [6.07, 6.45) is 0. The first-order valence-corrected chi connectivity index (χ1v) is 10.1. The minimum absolute atomic E-state index is 0.133. The third kappa shape index (κ3) is 4.46. The SMILES string of the molecule is Cc1nc(-c2ccc(C(C)C(C)C)cc2)nc(-c2ccc(C(C)(C)C)cc2)n1. The maximum atomic E-state index is 4.75. The van der Waals surface area contributed by atoms with Crippen LogP contribution in [0.3, 0.4) is 0 Å². The summed E-state index contributed by atoms with van der Waals surface area (Å²) < 4.78 is 0. The van der Waals surface area contributed by atoms with E-state index < -0.39 is 0 Å². The van der Waals surface area contributed by atoms with Gasteiger partial charge in [-0.1, -0.05) is 90.1 Å². The molecule has 3 nitrogen and oxygen atoms in total. The number of aryl methyl sites for hydroxylation is 1. The number of hydrogen-bond acceptors (Lipinski definition) is 3. The topological polar surface area (TPSA) is 38.7 Å². The lowest BCUT2D eigenvalue weighted by Crippen LogP contribution is -2.10. The standard InChI is InChI=1S/C25H31N3/c1-16(2)17(3)19-8-10-20(11-9-19)23-26-18(4)27-24(28-23)21-12-14-22(15-13-21)25(5,6)7/h8-17H,1-7H3. The molecule has 0 radical (unpaired) electrons. The van der Waals surface area contributed by atoms with Crippen LogP contribution >= 0.6 is 0 Å². The van der Waals surface area contributed by atoms with E-state index in [4.69, 9.17) is 4.98 Å². The lowest BCUT2D eigenvalue weighted by Gasteiger charge is -2.19. The molecule has 28 heavy (non-hydrogen) atoms.